The van der Waals surface area contributed by atoms with E-state index in [-0.39, 0.29) is 12.4 Å². The van der Waals surface area contributed by atoms with Crippen LogP contribution in [0.1, 0.15) is 11.3 Å². The lowest BCUT2D eigenvalue weighted by molar-refractivity contribution is 0.493. The summed E-state index contributed by atoms with van der Waals surface area (Å²) in [6.45, 7) is 1.50. The summed E-state index contributed by atoms with van der Waals surface area (Å²) in [6.07, 6.45) is 3.65. The Bertz CT molecular complexity index is 653. The number of pyridine rings is 1. The molecule has 0 radical (unpaired) electrons. The van der Waals surface area contributed by atoms with Gasteiger partial charge in [0, 0.05) is 24.5 Å². The van der Waals surface area contributed by atoms with Crippen LogP contribution in [0.2, 0.25) is 0 Å². The van der Waals surface area contributed by atoms with Gasteiger partial charge in [-0.15, -0.1) is 12.4 Å². The molecule has 3 aromatic rings. The van der Waals surface area contributed by atoms with E-state index in [0.29, 0.717) is 6.54 Å². The van der Waals surface area contributed by atoms with Gasteiger partial charge in [0.2, 0.25) is 0 Å². The zero-order valence-electron chi connectivity index (χ0n) is 11.5. The van der Waals surface area contributed by atoms with Crippen LogP contribution in [0.15, 0.2) is 71.4 Å². The summed E-state index contributed by atoms with van der Waals surface area (Å²) < 4.78 is 5.83. The third-order valence-electron chi connectivity index (χ3n) is 3.07. The van der Waals surface area contributed by atoms with Crippen molar-refractivity contribution in [2.24, 2.45) is 0 Å². The van der Waals surface area contributed by atoms with Crippen molar-refractivity contribution in [2.45, 2.75) is 13.1 Å². The molecule has 0 fully saturated rings. The van der Waals surface area contributed by atoms with Crippen molar-refractivity contribution in [3.8, 4) is 11.3 Å². The number of furan rings is 1. The fraction of sp³-hybridized carbons (Fsp3) is 0.118. The molecule has 0 bridgehead atoms. The molecule has 21 heavy (non-hydrogen) atoms. The largest absolute Gasteiger partial charge is 0.460 e. The van der Waals surface area contributed by atoms with Crippen molar-refractivity contribution in [1.82, 2.24) is 10.3 Å². The molecule has 2 heterocycles. The number of halogens is 1. The van der Waals surface area contributed by atoms with E-state index in [4.69, 9.17) is 4.42 Å². The van der Waals surface area contributed by atoms with E-state index in [1.54, 1.807) is 6.20 Å². The summed E-state index contributed by atoms with van der Waals surface area (Å²) >= 11 is 0. The van der Waals surface area contributed by atoms with Gasteiger partial charge in [-0.05, 0) is 23.8 Å². The van der Waals surface area contributed by atoms with Crippen LogP contribution in [-0.2, 0) is 13.1 Å². The van der Waals surface area contributed by atoms with E-state index >= 15 is 0 Å². The van der Waals surface area contributed by atoms with Crippen molar-refractivity contribution in [2.75, 3.05) is 0 Å². The van der Waals surface area contributed by atoms with Gasteiger partial charge in [-0.3, -0.25) is 4.98 Å². The predicted octanol–water partition coefficient (Wildman–Crippen LogP) is 4.05. The molecule has 0 aliphatic heterocycles. The summed E-state index contributed by atoms with van der Waals surface area (Å²) in [6, 6.07) is 18.1. The quantitative estimate of drug-likeness (QED) is 0.772. The van der Waals surface area contributed by atoms with Crippen molar-refractivity contribution in [3.05, 3.63) is 78.3 Å². The minimum atomic E-state index is 0. The monoisotopic (exact) mass is 300 g/mol. The first-order chi connectivity index (χ1) is 9.92. The molecule has 4 heteroatoms. The number of nitrogens with zero attached hydrogens (tertiary/aromatic N) is 1. The molecule has 0 aliphatic carbocycles. The Hall–Kier alpha value is -2.10. The van der Waals surface area contributed by atoms with Gasteiger partial charge in [0.25, 0.3) is 0 Å². The van der Waals surface area contributed by atoms with Gasteiger partial charge in [0.1, 0.15) is 11.5 Å². The molecule has 1 aromatic carbocycles. The molecule has 0 amide bonds. The Kier molecular flexibility index (Phi) is 5.55. The molecule has 0 aliphatic rings. The van der Waals surface area contributed by atoms with Crippen LogP contribution < -0.4 is 5.32 Å². The second kappa shape index (κ2) is 7.62. The fourth-order valence-corrected chi connectivity index (χ4v) is 2.06. The average molecular weight is 301 g/mol. The second-order valence-corrected chi connectivity index (χ2v) is 4.60. The smallest absolute Gasteiger partial charge is 0.134 e. The van der Waals surface area contributed by atoms with Crippen LogP contribution in [0, 0.1) is 0 Å². The standard InChI is InChI=1S/C17H16N2O.ClH/c1-2-6-15(7-3-1)17-9-8-16(20-17)13-19-12-14-5-4-10-18-11-14;/h1-11,19H,12-13H2;1H. The molecule has 108 valence electrons. The van der Waals surface area contributed by atoms with Gasteiger partial charge in [0.05, 0.1) is 6.54 Å². The molecule has 0 spiro atoms. The van der Waals surface area contributed by atoms with Crippen molar-refractivity contribution < 1.29 is 4.42 Å². The number of aromatic nitrogens is 1. The van der Waals surface area contributed by atoms with E-state index in [0.717, 1.165) is 23.6 Å². The van der Waals surface area contributed by atoms with Gasteiger partial charge >= 0.3 is 0 Å². The molecule has 0 unspecified atom stereocenters. The molecule has 0 saturated heterocycles. The third kappa shape index (κ3) is 4.18. The van der Waals surface area contributed by atoms with Crippen LogP contribution in [-0.4, -0.2) is 4.98 Å². The molecular formula is C17H17ClN2O. The van der Waals surface area contributed by atoms with Gasteiger partial charge in [-0.2, -0.15) is 0 Å². The average Bonchev–Trinajstić information content (AvgIpc) is 2.98. The lowest BCUT2D eigenvalue weighted by atomic mass is 10.2. The Morgan fingerprint density at radius 1 is 0.905 bits per heavy atom. The normalized spacial score (nSPS) is 10.1. The molecule has 2 aromatic heterocycles. The Morgan fingerprint density at radius 3 is 2.52 bits per heavy atom. The van der Waals surface area contributed by atoms with Gasteiger partial charge in [-0.1, -0.05) is 36.4 Å². The number of rotatable bonds is 5. The molecule has 0 atom stereocenters. The first-order valence-electron chi connectivity index (χ1n) is 6.65. The van der Waals surface area contributed by atoms with Crippen molar-refractivity contribution >= 4 is 12.4 Å². The highest BCUT2D eigenvalue weighted by molar-refractivity contribution is 5.85. The van der Waals surface area contributed by atoms with Crippen LogP contribution in [0.5, 0.6) is 0 Å². The van der Waals surface area contributed by atoms with Gasteiger partial charge < -0.3 is 9.73 Å². The van der Waals surface area contributed by atoms with Crippen LogP contribution >= 0.6 is 12.4 Å². The Balaban J connectivity index is 0.00000161. The van der Waals surface area contributed by atoms with Crippen molar-refractivity contribution in [3.63, 3.8) is 0 Å². The lowest BCUT2D eigenvalue weighted by Crippen LogP contribution is -2.12. The number of hydrogen-bond donors (Lipinski definition) is 1. The summed E-state index contributed by atoms with van der Waals surface area (Å²) in [5.41, 5.74) is 2.27. The Morgan fingerprint density at radius 2 is 1.76 bits per heavy atom. The van der Waals surface area contributed by atoms with E-state index in [1.165, 1.54) is 5.56 Å². The molecule has 3 nitrogen and oxygen atoms in total. The zero-order chi connectivity index (χ0) is 13.6. The van der Waals surface area contributed by atoms with E-state index in [1.807, 2.05) is 54.7 Å². The first kappa shape index (κ1) is 15.3. The molecular weight excluding hydrogens is 284 g/mol. The predicted molar refractivity (Wildman–Crippen MR) is 86.2 cm³/mol. The lowest BCUT2D eigenvalue weighted by Gasteiger charge is -2.02. The highest BCUT2D eigenvalue weighted by Crippen LogP contribution is 2.21. The van der Waals surface area contributed by atoms with Crippen LogP contribution in [0.4, 0.5) is 0 Å². The van der Waals surface area contributed by atoms with Crippen LogP contribution in [0.25, 0.3) is 11.3 Å². The number of nitrogens with one attached hydrogen (secondary N) is 1. The fourth-order valence-electron chi connectivity index (χ4n) is 2.06. The minimum absolute atomic E-state index is 0. The highest BCUT2D eigenvalue weighted by atomic mass is 35.5. The maximum atomic E-state index is 5.83. The first-order valence-corrected chi connectivity index (χ1v) is 6.65. The molecule has 1 N–H and O–H groups in total. The maximum absolute atomic E-state index is 5.83. The van der Waals surface area contributed by atoms with Gasteiger partial charge in [0.15, 0.2) is 0 Å². The van der Waals surface area contributed by atoms with E-state index in [2.05, 4.69) is 16.4 Å². The van der Waals surface area contributed by atoms with Crippen molar-refractivity contribution in [1.29, 1.82) is 0 Å². The summed E-state index contributed by atoms with van der Waals surface area (Å²) in [4.78, 5) is 4.09. The summed E-state index contributed by atoms with van der Waals surface area (Å²) in [7, 11) is 0. The van der Waals surface area contributed by atoms with E-state index < -0.39 is 0 Å². The van der Waals surface area contributed by atoms with Crippen LogP contribution in [0.3, 0.4) is 0 Å². The summed E-state index contributed by atoms with van der Waals surface area (Å²) in [5.74, 6) is 1.84. The Labute approximate surface area is 130 Å². The number of hydrogen-bond acceptors (Lipinski definition) is 3. The SMILES string of the molecule is Cl.c1ccc(-c2ccc(CNCc3cccnc3)o2)cc1. The molecule has 3 rings (SSSR count). The number of benzene rings is 1. The minimum Gasteiger partial charge on any atom is -0.460 e. The maximum Gasteiger partial charge on any atom is 0.134 e. The zero-order valence-corrected chi connectivity index (χ0v) is 12.3. The second-order valence-electron chi connectivity index (χ2n) is 4.60. The van der Waals surface area contributed by atoms with Gasteiger partial charge in [-0.25, -0.2) is 0 Å². The topological polar surface area (TPSA) is 38.1 Å². The highest BCUT2D eigenvalue weighted by Gasteiger charge is 2.03. The molecule has 0 saturated carbocycles. The third-order valence-corrected chi connectivity index (χ3v) is 3.07. The summed E-state index contributed by atoms with van der Waals surface area (Å²) in [5, 5.41) is 3.35. The van der Waals surface area contributed by atoms with E-state index in [9.17, 15) is 0 Å².